The molecule has 1 unspecified atom stereocenters. The van der Waals surface area contributed by atoms with Gasteiger partial charge in [0, 0.05) is 12.5 Å². The summed E-state index contributed by atoms with van der Waals surface area (Å²) in [5.74, 6) is 6.88. The number of nitrogens with one attached hydrogen (secondary N) is 1. The van der Waals surface area contributed by atoms with E-state index in [0.29, 0.717) is 6.04 Å². The number of hydrogen-bond donors (Lipinski definition) is 1. The van der Waals surface area contributed by atoms with Crippen molar-refractivity contribution in [1.29, 1.82) is 0 Å². The molecule has 0 radical (unpaired) electrons. The quantitative estimate of drug-likeness (QED) is 0.758. The van der Waals surface area contributed by atoms with E-state index in [1.807, 2.05) is 26.1 Å². The molecule has 0 fully saturated rings. The SMILES string of the molecule is CC#CCC(NC)c1ccc(OC)cc1. The normalized spacial score (nSPS) is 11.4. The molecule has 1 N–H and O–H groups in total. The molecule has 0 bridgehead atoms. The predicted molar refractivity (Wildman–Crippen MR) is 62.9 cm³/mol. The van der Waals surface area contributed by atoms with Crippen molar-refractivity contribution in [2.75, 3.05) is 14.2 Å². The summed E-state index contributed by atoms with van der Waals surface area (Å²) in [6, 6.07) is 8.37. The summed E-state index contributed by atoms with van der Waals surface area (Å²) in [7, 11) is 3.62. The lowest BCUT2D eigenvalue weighted by atomic mass is 10.0. The van der Waals surface area contributed by atoms with Crippen molar-refractivity contribution in [3.05, 3.63) is 29.8 Å². The standard InChI is InChI=1S/C13H17NO/c1-4-5-6-13(14-2)11-7-9-12(15-3)10-8-11/h7-10,13-14H,6H2,1-3H3. The molecule has 1 aromatic carbocycles. The molecule has 1 aromatic rings. The van der Waals surface area contributed by atoms with E-state index < -0.39 is 0 Å². The topological polar surface area (TPSA) is 21.3 Å². The summed E-state index contributed by atoms with van der Waals surface area (Å²) in [6.07, 6.45) is 0.833. The van der Waals surface area contributed by atoms with Crippen LogP contribution in [-0.2, 0) is 0 Å². The summed E-state index contributed by atoms with van der Waals surface area (Å²) in [5.41, 5.74) is 1.24. The number of ether oxygens (including phenoxy) is 1. The Morgan fingerprint density at radius 1 is 1.33 bits per heavy atom. The Morgan fingerprint density at radius 3 is 2.47 bits per heavy atom. The van der Waals surface area contributed by atoms with Crippen molar-refractivity contribution in [1.82, 2.24) is 5.32 Å². The maximum absolute atomic E-state index is 5.12. The Morgan fingerprint density at radius 2 is 2.00 bits per heavy atom. The minimum atomic E-state index is 0.295. The van der Waals surface area contributed by atoms with Crippen LogP contribution in [0.2, 0.25) is 0 Å². The van der Waals surface area contributed by atoms with Crippen LogP contribution in [0.4, 0.5) is 0 Å². The Labute approximate surface area is 91.6 Å². The Balaban J connectivity index is 2.76. The minimum absolute atomic E-state index is 0.295. The maximum atomic E-state index is 5.12. The van der Waals surface area contributed by atoms with Gasteiger partial charge in [-0.15, -0.1) is 11.8 Å². The van der Waals surface area contributed by atoms with Crippen LogP contribution in [0.25, 0.3) is 0 Å². The monoisotopic (exact) mass is 203 g/mol. The third-order valence-electron chi connectivity index (χ3n) is 2.35. The Hall–Kier alpha value is -1.46. The Bertz CT molecular complexity index is 345. The van der Waals surface area contributed by atoms with Gasteiger partial charge in [-0.2, -0.15) is 0 Å². The molecule has 0 aliphatic rings. The third-order valence-corrected chi connectivity index (χ3v) is 2.35. The van der Waals surface area contributed by atoms with Gasteiger partial charge in [-0.05, 0) is 31.7 Å². The molecule has 0 spiro atoms. The van der Waals surface area contributed by atoms with Gasteiger partial charge in [-0.25, -0.2) is 0 Å². The summed E-state index contributed by atoms with van der Waals surface area (Å²) >= 11 is 0. The van der Waals surface area contributed by atoms with Crippen molar-refractivity contribution in [3.8, 4) is 17.6 Å². The fraction of sp³-hybridized carbons (Fsp3) is 0.385. The van der Waals surface area contributed by atoms with E-state index in [2.05, 4.69) is 29.3 Å². The summed E-state index contributed by atoms with van der Waals surface area (Å²) in [4.78, 5) is 0. The van der Waals surface area contributed by atoms with Crippen LogP contribution in [-0.4, -0.2) is 14.2 Å². The van der Waals surface area contributed by atoms with Gasteiger partial charge in [-0.3, -0.25) is 0 Å². The van der Waals surface area contributed by atoms with E-state index >= 15 is 0 Å². The molecule has 2 heteroatoms. The largest absolute Gasteiger partial charge is 0.497 e. The second-order valence-corrected chi connectivity index (χ2v) is 3.25. The van der Waals surface area contributed by atoms with Crippen LogP contribution in [0.3, 0.4) is 0 Å². The highest BCUT2D eigenvalue weighted by Gasteiger charge is 2.06. The molecule has 0 amide bonds. The van der Waals surface area contributed by atoms with Crippen LogP contribution in [0.15, 0.2) is 24.3 Å². The van der Waals surface area contributed by atoms with Gasteiger partial charge >= 0.3 is 0 Å². The first-order valence-corrected chi connectivity index (χ1v) is 5.02. The molecular weight excluding hydrogens is 186 g/mol. The zero-order chi connectivity index (χ0) is 11.1. The highest BCUT2D eigenvalue weighted by molar-refractivity contribution is 5.29. The lowest BCUT2D eigenvalue weighted by Gasteiger charge is -2.13. The van der Waals surface area contributed by atoms with Crippen LogP contribution in [0, 0.1) is 11.8 Å². The van der Waals surface area contributed by atoms with Gasteiger partial charge < -0.3 is 10.1 Å². The molecule has 2 nitrogen and oxygen atoms in total. The van der Waals surface area contributed by atoms with E-state index in [1.54, 1.807) is 7.11 Å². The zero-order valence-electron chi connectivity index (χ0n) is 9.50. The van der Waals surface area contributed by atoms with Crippen molar-refractivity contribution in [2.45, 2.75) is 19.4 Å². The number of hydrogen-bond acceptors (Lipinski definition) is 2. The van der Waals surface area contributed by atoms with Crippen LogP contribution < -0.4 is 10.1 Å². The van der Waals surface area contributed by atoms with E-state index in [9.17, 15) is 0 Å². The minimum Gasteiger partial charge on any atom is -0.497 e. The average molecular weight is 203 g/mol. The van der Waals surface area contributed by atoms with E-state index in [-0.39, 0.29) is 0 Å². The van der Waals surface area contributed by atoms with Crippen LogP contribution in [0.5, 0.6) is 5.75 Å². The van der Waals surface area contributed by atoms with Crippen molar-refractivity contribution in [3.63, 3.8) is 0 Å². The van der Waals surface area contributed by atoms with E-state index in [0.717, 1.165) is 12.2 Å². The molecule has 0 aromatic heterocycles. The van der Waals surface area contributed by atoms with Gasteiger partial charge in [0.05, 0.1) is 7.11 Å². The molecule has 0 saturated carbocycles. The predicted octanol–water partition coefficient (Wildman–Crippen LogP) is 2.37. The number of methoxy groups -OCH3 is 1. The first-order chi connectivity index (χ1) is 7.31. The molecule has 0 saturated heterocycles. The first-order valence-electron chi connectivity index (χ1n) is 5.02. The fourth-order valence-electron chi connectivity index (χ4n) is 1.43. The van der Waals surface area contributed by atoms with Crippen molar-refractivity contribution in [2.24, 2.45) is 0 Å². The number of benzene rings is 1. The molecule has 80 valence electrons. The maximum Gasteiger partial charge on any atom is 0.118 e. The molecule has 0 heterocycles. The lowest BCUT2D eigenvalue weighted by Crippen LogP contribution is -2.15. The lowest BCUT2D eigenvalue weighted by molar-refractivity contribution is 0.414. The summed E-state index contributed by atoms with van der Waals surface area (Å²) in [5, 5.41) is 3.25. The summed E-state index contributed by atoms with van der Waals surface area (Å²) in [6.45, 7) is 1.86. The number of rotatable bonds is 4. The Kier molecular flexibility index (Phi) is 4.73. The molecule has 1 atom stereocenters. The van der Waals surface area contributed by atoms with Gasteiger partial charge in [0.2, 0.25) is 0 Å². The average Bonchev–Trinajstić information content (AvgIpc) is 2.31. The van der Waals surface area contributed by atoms with E-state index in [4.69, 9.17) is 4.74 Å². The zero-order valence-corrected chi connectivity index (χ0v) is 9.50. The van der Waals surface area contributed by atoms with Gasteiger partial charge in [0.15, 0.2) is 0 Å². The van der Waals surface area contributed by atoms with Gasteiger partial charge in [0.1, 0.15) is 5.75 Å². The van der Waals surface area contributed by atoms with Gasteiger partial charge in [-0.1, -0.05) is 12.1 Å². The first kappa shape index (κ1) is 11.6. The second-order valence-electron chi connectivity index (χ2n) is 3.25. The smallest absolute Gasteiger partial charge is 0.118 e. The molecular formula is C13H17NO. The van der Waals surface area contributed by atoms with Crippen molar-refractivity contribution < 1.29 is 4.74 Å². The van der Waals surface area contributed by atoms with Crippen LogP contribution >= 0.6 is 0 Å². The van der Waals surface area contributed by atoms with Crippen LogP contribution in [0.1, 0.15) is 24.9 Å². The third kappa shape index (κ3) is 3.30. The van der Waals surface area contributed by atoms with Crippen molar-refractivity contribution >= 4 is 0 Å². The van der Waals surface area contributed by atoms with E-state index in [1.165, 1.54) is 5.56 Å². The molecule has 1 rings (SSSR count). The highest BCUT2D eigenvalue weighted by Crippen LogP contribution is 2.19. The highest BCUT2D eigenvalue weighted by atomic mass is 16.5. The molecule has 0 aliphatic carbocycles. The molecule has 15 heavy (non-hydrogen) atoms. The van der Waals surface area contributed by atoms with Gasteiger partial charge in [0.25, 0.3) is 0 Å². The molecule has 0 aliphatic heterocycles. The second kappa shape index (κ2) is 6.10. The fourth-order valence-corrected chi connectivity index (χ4v) is 1.43. The summed E-state index contributed by atoms with van der Waals surface area (Å²) < 4.78 is 5.12.